The molecule has 1 aliphatic carbocycles. The Labute approximate surface area is 109 Å². The van der Waals surface area contributed by atoms with Crippen LogP contribution in [0, 0.1) is 5.92 Å². The SMILES string of the molecule is CNc1cnc(CN(C)CCOCC2CC2)cn1. The average Bonchev–Trinajstić information content (AvgIpc) is 3.20. The van der Waals surface area contributed by atoms with Crippen molar-refractivity contribution in [2.75, 3.05) is 39.2 Å². The second kappa shape index (κ2) is 6.66. The molecule has 1 aromatic heterocycles. The van der Waals surface area contributed by atoms with Gasteiger partial charge in [-0.25, -0.2) is 4.98 Å². The highest BCUT2D eigenvalue weighted by Crippen LogP contribution is 2.28. The number of aromatic nitrogens is 2. The molecule has 0 spiro atoms. The van der Waals surface area contributed by atoms with Gasteiger partial charge in [0.05, 0.1) is 24.7 Å². The summed E-state index contributed by atoms with van der Waals surface area (Å²) in [6.07, 6.45) is 6.27. The highest BCUT2D eigenvalue weighted by molar-refractivity contribution is 5.29. The first kappa shape index (κ1) is 13.2. The molecule has 1 fully saturated rings. The van der Waals surface area contributed by atoms with Crippen LogP contribution < -0.4 is 5.32 Å². The van der Waals surface area contributed by atoms with E-state index >= 15 is 0 Å². The first-order chi connectivity index (χ1) is 8.78. The smallest absolute Gasteiger partial charge is 0.144 e. The Morgan fingerprint density at radius 2 is 2.22 bits per heavy atom. The molecule has 5 heteroatoms. The zero-order valence-corrected chi connectivity index (χ0v) is 11.2. The first-order valence-corrected chi connectivity index (χ1v) is 6.53. The fraction of sp³-hybridized carbons (Fsp3) is 0.692. The number of ether oxygens (including phenoxy) is 1. The van der Waals surface area contributed by atoms with Crippen LogP contribution in [0.2, 0.25) is 0 Å². The normalized spacial score (nSPS) is 15.1. The molecule has 0 unspecified atom stereocenters. The van der Waals surface area contributed by atoms with Gasteiger partial charge in [0.15, 0.2) is 0 Å². The second-order valence-electron chi connectivity index (χ2n) is 4.90. The Hall–Kier alpha value is -1.20. The number of hydrogen-bond acceptors (Lipinski definition) is 5. The van der Waals surface area contributed by atoms with Gasteiger partial charge in [0.25, 0.3) is 0 Å². The van der Waals surface area contributed by atoms with E-state index in [4.69, 9.17) is 4.74 Å². The van der Waals surface area contributed by atoms with Crippen molar-refractivity contribution in [1.82, 2.24) is 14.9 Å². The Bertz CT molecular complexity index is 351. The van der Waals surface area contributed by atoms with Gasteiger partial charge in [-0.15, -0.1) is 0 Å². The summed E-state index contributed by atoms with van der Waals surface area (Å²) in [6, 6.07) is 0. The van der Waals surface area contributed by atoms with E-state index in [1.165, 1.54) is 12.8 Å². The van der Waals surface area contributed by atoms with Gasteiger partial charge >= 0.3 is 0 Å². The molecule has 1 heterocycles. The zero-order chi connectivity index (χ0) is 12.8. The maximum Gasteiger partial charge on any atom is 0.144 e. The van der Waals surface area contributed by atoms with Crippen molar-refractivity contribution in [2.24, 2.45) is 5.92 Å². The molecule has 0 saturated heterocycles. The van der Waals surface area contributed by atoms with Gasteiger partial charge in [0.2, 0.25) is 0 Å². The molecule has 0 atom stereocenters. The largest absolute Gasteiger partial charge is 0.380 e. The highest BCUT2D eigenvalue weighted by Gasteiger charge is 2.20. The first-order valence-electron chi connectivity index (χ1n) is 6.53. The van der Waals surface area contributed by atoms with Crippen LogP contribution in [0.3, 0.4) is 0 Å². The number of rotatable bonds is 8. The number of anilines is 1. The minimum absolute atomic E-state index is 0.800. The van der Waals surface area contributed by atoms with E-state index < -0.39 is 0 Å². The monoisotopic (exact) mass is 250 g/mol. The molecule has 5 nitrogen and oxygen atoms in total. The minimum atomic E-state index is 0.800. The molecule has 18 heavy (non-hydrogen) atoms. The molecule has 0 aliphatic heterocycles. The fourth-order valence-corrected chi connectivity index (χ4v) is 1.68. The van der Waals surface area contributed by atoms with Crippen LogP contribution in [0.4, 0.5) is 5.82 Å². The van der Waals surface area contributed by atoms with E-state index in [2.05, 4.69) is 27.2 Å². The van der Waals surface area contributed by atoms with Crippen molar-refractivity contribution in [1.29, 1.82) is 0 Å². The lowest BCUT2D eigenvalue weighted by Gasteiger charge is -2.16. The predicted octanol–water partition coefficient (Wildman–Crippen LogP) is 1.38. The molecule has 100 valence electrons. The lowest BCUT2D eigenvalue weighted by Crippen LogP contribution is -2.23. The van der Waals surface area contributed by atoms with Gasteiger partial charge in [-0.1, -0.05) is 0 Å². The maximum absolute atomic E-state index is 5.61. The van der Waals surface area contributed by atoms with Gasteiger partial charge in [-0.05, 0) is 25.8 Å². The second-order valence-corrected chi connectivity index (χ2v) is 4.90. The predicted molar refractivity (Wildman–Crippen MR) is 71.5 cm³/mol. The molecule has 0 bridgehead atoms. The third-order valence-electron chi connectivity index (χ3n) is 3.06. The minimum Gasteiger partial charge on any atom is -0.380 e. The molecule has 0 aromatic carbocycles. The molecular formula is C13H22N4O. The molecule has 1 N–H and O–H groups in total. The summed E-state index contributed by atoms with van der Waals surface area (Å²) >= 11 is 0. The molecule has 0 amide bonds. The van der Waals surface area contributed by atoms with Crippen LogP contribution in [-0.4, -0.2) is 48.7 Å². The van der Waals surface area contributed by atoms with E-state index in [-0.39, 0.29) is 0 Å². The number of hydrogen-bond donors (Lipinski definition) is 1. The Balaban J connectivity index is 1.63. The quantitative estimate of drug-likeness (QED) is 0.706. The van der Waals surface area contributed by atoms with E-state index in [9.17, 15) is 0 Å². The fourth-order valence-electron chi connectivity index (χ4n) is 1.68. The van der Waals surface area contributed by atoms with Gasteiger partial charge < -0.3 is 10.1 Å². The van der Waals surface area contributed by atoms with E-state index in [0.29, 0.717) is 0 Å². The van der Waals surface area contributed by atoms with Crippen LogP contribution >= 0.6 is 0 Å². The Kier molecular flexibility index (Phi) is 4.90. The van der Waals surface area contributed by atoms with Crippen LogP contribution in [0.1, 0.15) is 18.5 Å². The van der Waals surface area contributed by atoms with E-state index in [1.54, 1.807) is 6.20 Å². The van der Waals surface area contributed by atoms with Crippen LogP contribution in [0.25, 0.3) is 0 Å². The van der Waals surface area contributed by atoms with Crippen molar-refractivity contribution in [3.05, 3.63) is 18.1 Å². The summed E-state index contributed by atoms with van der Waals surface area (Å²) in [5, 5.41) is 2.96. The van der Waals surface area contributed by atoms with Gasteiger partial charge in [-0.2, -0.15) is 0 Å². The van der Waals surface area contributed by atoms with E-state index in [1.807, 2.05) is 13.2 Å². The molecule has 1 aromatic rings. The molecular weight excluding hydrogens is 228 g/mol. The summed E-state index contributed by atoms with van der Waals surface area (Å²) in [5.74, 6) is 1.64. The number of nitrogens with one attached hydrogen (secondary N) is 1. The van der Waals surface area contributed by atoms with Gasteiger partial charge in [0.1, 0.15) is 5.82 Å². The Morgan fingerprint density at radius 1 is 1.39 bits per heavy atom. The van der Waals surface area contributed by atoms with Crippen LogP contribution in [0.15, 0.2) is 12.4 Å². The highest BCUT2D eigenvalue weighted by atomic mass is 16.5. The van der Waals surface area contributed by atoms with Gasteiger partial charge in [0, 0.05) is 26.7 Å². The maximum atomic E-state index is 5.61. The molecule has 0 radical (unpaired) electrons. The third kappa shape index (κ3) is 4.58. The molecule has 1 saturated carbocycles. The topological polar surface area (TPSA) is 50.3 Å². The summed E-state index contributed by atoms with van der Waals surface area (Å²) in [5.41, 5.74) is 0.985. The van der Waals surface area contributed by atoms with Crippen molar-refractivity contribution in [3.63, 3.8) is 0 Å². The third-order valence-corrected chi connectivity index (χ3v) is 3.06. The van der Waals surface area contributed by atoms with Crippen molar-refractivity contribution < 1.29 is 4.74 Å². The summed E-state index contributed by atoms with van der Waals surface area (Å²) in [6.45, 7) is 3.48. The standard InChI is InChI=1S/C13H22N4O/c1-14-13-8-15-12(7-16-13)9-17(2)5-6-18-10-11-3-4-11/h7-8,11H,3-6,9-10H2,1-2H3,(H,14,16). The number of likely N-dealkylation sites (N-methyl/N-ethyl adjacent to an activating group) is 1. The molecule has 2 rings (SSSR count). The molecule has 1 aliphatic rings. The summed E-state index contributed by atoms with van der Waals surface area (Å²) in [7, 11) is 3.92. The van der Waals surface area contributed by atoms with E-state index in [0.717, 1.165) is 43.7 Å². The van der Waals surface area contributed by atoms with Crippen molar-refractivity contribution in [3.8, 4) is 0 Å². The zero-order valence-electron chi connectivity index (χ0n) is 11.2. The number of nitrogens with zero attached hydrogens (tertiary/aromatic N) is 3. The van der Waals surface area contributed by atoms with Gasteiger partial charge in [-0.3, -0.25) is 9.88 Å². The lowest BCUT2D eigenvalue weighted by atomic mass is 10.4. The van der Waals surface area contributed by atoms with Crippen LogP contribution in [0.5, 0.6) is 0 Å². The summed E-state index contributed by atoms with van der Waals surface area (Å²) in [4.78, 5) is 10.8. The average molecular weight is 250 g/mol. The summed E-state index contributed by atoms with van der Waals surface area (Å²) < 4.78 is 5.61. The van der Waals surface area contributed by atoms with Crippen LogP contribution in [-0.2, 0) is 11.3 Å². The van der Waals surface area contributed by atoms with Crippen molar-refractivity contribution in [2.45, 2.75) is 19.4 Å². The lowest BCUT2D eigenvalue weighted by molar-refractivity contribution is 0.101. The van der Waals surface area contributed by atoms with Crippen molar-refractivity contribution >= 4 is 5.82 Å². The Morgan fingerprint density at radius 3 is 2.83 bits per heavy atom.